The first-order valence-corrected chi connectivity index (χ1v) is 10.5. The molecule has 1 aromatic heterocycles. The van der Waals surface area contributed by atoms with Crippen molar-refractivity contribution in [3.63, 3.8) is 0 Å². The molecule has 0 saturated carbocycles. The van der Waals surface area contributed by atoms with Crippen LogP contribution in [0.5, 0.6) is 0 Å². The van der Waals surface area contributed by atoms with Crippen molar-refractivity contribution in [1.29, 1.82) is 0 Å². The molecule has 4 rings (SSSR count). The summed E-state index contributed by atoms with van der Waals surface area (Å²) in [5.74, 6) is 0. The Labute approximate surface area is 170 Å². The molecule has 0 saturated heterocycles. The standard InChI is InChI=1S/C22H24N2.2C2H6/c1-14-16-10-7-8-11-18(16)21-20-17(14)12-9-13-19(20)23(6)15(2)24(21)22(3,4)5;2*1-2/h7-13H,2H2,1,3-6H3;2*1-2H3. The highest BCUT2D eigenvalue weighted by molar-refractivity contribution is 6.21. The molecule has 150 valence electrons. The van der Waals surface area contributed by atoms with Gasteiger partial charge in [-0.1, -0.05) is 70.7 Å². The van der Waals surface area contributed by atoms with Crippen molar-refractivity contribution in [2.75, 3.05) is 0 Å². The highest BCUT2D eigenvalue weighted by Crippen LogP contribution is 2.37. The SMILES string of the molecule is C=c1n(C)c2cccc3c(C)c4ccccc4c(c32)n1C(C)(C)C.CC.CC. The topological polar surface area (TPSA) is 9.86 Å². The normalized spacial score (nSPS) is 11.2. The average molecular weight is 377 g/mol. The average Bonchev–Trinajstić information content (AvgIpc) is 2.71. The number of aromatic nitrogens is 2. The van der Waals surface area contributed by atoms with Crippen LogP contribution in [-0.4, -0.2) is 9.13 Å². The molecule has 0 spiro atoms. The molecule has 0 aliphatic rings. The summed E-state index contributed by atoms with van der Waals surface area (Å²) in [5, 5.41) is 5.29. The van der Waals surface area contributed by atoms with Gasteiger partial charge >= 0.3 is 0 Å². The molecular weight excluding hydrogens is 340 g/mol. The molecule has 0 bridgehead atoms. The second-order valence-corrected chi connectivity index (χ2v) is 7.70. The molecule has 2 heteroatoms. The third kappa shape index (κ3) is 3.26. The lowest BCUT2D eigenvalue weighted by Gasteiger charge is -2.30. The molecule has 0 amide bonds. The predicted octanol–water partition coefficient (Wildman–Crippen LogP) is 7.09. The molecule has 0 unspecified atom stereocenters. The first-order chi connectivity index (χ1) is 13.3. The van der Waals surface area contributed by atoms with E-state index in [2.05, 4.69) is 92.9 Å². The molecule has 0 aliphatic carbocycles. The fourth-order valence-electron chi connectivity index (χ4n) is 4.05. The second kappa shape index (κ2) is 8.26. The quantitative estimate of drug-likeness (QED) is 0.229. The van der Waals surface area contributed by atoms with Crippen LogP contribution in [0.1, 0.15) is 54.0 Å². The fraction of sp³-hybridized carbons (Fsp3) is 0.385. The number of hydrogen-bond donors (Lipinski definition) is 0. The van der Waals surface area contributed by atoms with Crippen LogP contribution in [0, 0.1) is 6.92 Å². The van der Waals surface area contributed by atoms with Crippen molar-refractivity contribution in [2.45, 2.75) is 60.9 Å². The smallest absolute Gasteiger partial charge is 0.106 e. The largest absolute Gasteiger partial charge is 0.331 e. The minimum Gasteiger partial charge on any atom is -0.331 e. The van der Waals surface area contributed by atoms with Crippen LogP contribution in [0.3, 0.4) is 0 Å². The van der Waals surface area contributed by atoms with Crippen molar-refractivity contribution in [1.82, 2.24) is 9.13 Å². The summed E-state index contributed by atoms with van der Waals surface area (Å²) < 4.78 is 4.61. The van der Waals surface area contributed by atoms with Crippen LogP contribution >= 0.6 is 0 Å². The van der Waals surface area contributed by atoms with Gasteiger partial charge in [-0.15, -0.1) is 0 Å². The highest BCUT2D eigenvalue weighted by atomic mass is 15.1. The summed E-state index contributed by atoms with van der Waals surface area (Å²) in [6, 6.07) is 15.3. The van der Waals surface area contributed by atoms with Crippen molar-refractivity contribution in [2.24, 2.45) is 7.05 Å². The molecule has 1 heterocycles. The van der Waals surface area contributed by atoms with Gasteiger partial charge in [0.1, 0.15) is 5.48 Å². The van der Waals surface area contributed by atoms with Crippen molar-refractivity contribution >= 4 is 39.2 Å². The first-order valence-electron chi connectivity index (χ1n) is 10.5. The van der Waals surface area contributed by atoms with E-state index in [0.29, 0.717) is 0 Å². The number of rotatable bonds is 0. The molecule has 0 fully saturated rings. The number of nitrogens with zero attached hydrogens (tertiary/aromatic N) is 2. The van der Waals surface area contributed by atoms with Crippen LogP contribution < -0.4 is 5.48 Å². The zero-order chi connectivity index (χ0) is 21.2. The molecule has 0 aliphatic heterocycles. The van der Waals surface area contributed by atoms with Crippen LogP contribution in [-0.2, 0) is 12.6 Å². The molecule has 4 aromatic rings. The zero-order valence-electron chi connectivity index (χ0n) is 19.1. The summed E-state index contributed by atoms with van der Waals surface area (Å²) in [7, 11) is 2.11. The van der Waals surface area contributed by atoms with Gasteiger partial charge in [-0.2, -0.15) is 0 Å². The molecule has 0 radical (unpaired) electrons. The van der Waals surface area contributed by atoms with E-state index in [4.69, 9.17) is 0 Å². The van der Waals surface area contributed by atoms with Gasteiger partial charge in [0.15, 0.2) is 0 Å². The maximum Gasteiger partial charge on any atom is 0.106 e. The van der Waals surface area contributed by atoms with Crippen molar-refractivity contribution in [3.8, 4) is 0 Å². The van der Waals surface area contributed by atoms with Crippen LogP contribution in [0.25, 0.3) is 39.2 Å². The third-order valence-electron chi connectivity index (χ3n) is 5.17. The molecule has 0 N–H and O–H groups in total. The van der Waals surface area contributed by atoms with Crippen LogP contribution in [0.4, 0.5) is 0 Å². The van der Waals surface area contributed by atoms with E-state index in [0.717, 1.165) is 5.48 Å². The molecule has 0 atom stereocenters. The number of benzene rings is 3. The summed E-state index contributed by atoms with van der Waals surface area (Å²) in [4.78, 5) is 0. The van der Waals surface area contributed by atoms with Gasteiger partial charge in [0.2, 0.25) is 0 Å². The highest BCUT2D eigenvalue weighted by Gasteiger charge is 2.21. The van der Waals surface area contributed by atoms with E-state index in [1.807, 2.05) is 27.7 Å². The van der Waals surface area contributed by atoms with E-state index >= 15 is 0 Å². The minimum atomic E-state index is -0.0518. The Kier molecular flexibility index (Phi) is 6.44. The van der Waals surface area contributed by atoms with E-state index in [1.54, 1.807) is 0 Å². The third-order valence-corrected chi connectivity index (χ3v) is 5.17. The molecular formula is C26H36N2. The van der Waals surface area contributed by atoms with Gasteiger partial charge < -0.3 is 9.13 Å². The lowest BCUT2D eigenvalue weighted by atomic mass is 9.94. The fourth-order valence-corrected chi connectivity index (χ4v) is 4.05. The zero-order valence-corrected chi connectivity index (χ0v) is 19.1. The summed E-state index contributed by atoms with van der Waals surface area (Å²) in [6.45, 7) is 21.4. The number of hydrogen-bond acceptors (Lipinski definition) is 0. The maximum absolute atomic E-state index is 4.41. The van der Waals surface area contributed by atoms with Crippen LogP contribution in [0.2, 0.25) is 0 Å². The summed E-state index contributed by atoms with van der Waals surface area (Å²) in [5.41, 5.74) is 4.85. The number of fused-ring (bicyclic) bond motifs is 2. The van der Waals surface area contributed by atoms with Gasteiger partial charge in [-0.3, -0.25) is 0 Å². The van der Waals surface area contributed by atoms with E-state index in [9.17, 15) is 0 Å². The predicted molar refractivity (Wildman–Crippen MR) is 128 cm³/mol. The Hall–Kier alpha value is -2.48. The van der Waals surface area contributed by atoms with Crippen LogP contribution in [0.15, 0.2) is 42.5 Å². The van der Waals surface area contributed by atoms with Crippen molar-refractivity contribution in [3.05, 3.63) is 53.5 Å². The van der Waals surface area contributed by atoms with E-state index in [1.165, 1.54) is 38.1 Å². The molecule has 28 heavy (non-hydrogen) atoms. The Bertz CT molecular complexity index is 1160. The van der Waals surface area contributed by atoms with E-state index < -0.39 is 0 Å². The summed E-state index contributed by atoms with van der Waals surface area (Å²) >= 11 is 0. The summed E-state index contributed by atoms with van der Waals surface area (Å²) in [6.07, 6.45) is 0. The van der Waals surface area contributed by atoms with Gasteiger partial charge in [-0.05, 0) is 50.1 Å². The minimum absolute atomic E-state index is 0.0518. The molecule has 3 aromatic carbocycles. The van der Waals surface area contributed by atoms with Gasteiger partial charge in [-0.25, -0.2) is 0 Å². The lowest BCUT2D eigenvalue weighted by Crippen LogP contribution is -2.39. The molecule has 2 nitrogen and oxygen atoms in total. The maximum atomic E-state index is 4.41. The van der Waals surface area contributed by atoms with E-state index in [-0.39, 0.29) is 5.54 Å². The van der Waals surface area contributed by atoms with Gasteiger partial charge in [0, 0.05) is 23.4 Å². The monoisotopic (exact) mass is 376 g/mol. The Morgan fingerprint density at radius 2 is 1.32 bits per heavy atom. The van der Waals surface area contributed by atoms with Gasteiger partial charge in [0.05, 0.1) is 11.0 Å². The lowest BCUT2D eigenvalue weighted by molar-refractivity contribution is 0.388. The Morgan fingerprint density at radius 1 is 0.786 bits per heavy atom. The van der Waals surface area contributed by atoms with Gasteiger partial charge in [0.25, 0.3) is 0 Å². The number of aryl methyl sites for hydroxylation is 2. The Morgan fingerprint density at radius 3 is 1.89 bits per heavy atom. The Balaban J connectivity index is 0.000000660. The second-order valence-electron chi connectivity index (χ2n) is 7.70. The van der Waals surface area contributed by atoms with Crippen molar-refractivity contribution < 1.29 is 0 Å². The first kappa shape index (κ1) is 21.8.